The Morgan fingerprint density at radius 1 is 0.887 bits per heavy atom. The molecule has 2 aliphatic heterocycles. The topological polar surface area (TPSA) is 192 Å². The van der Waals surface area contributed by atoms with Crippen LogP contribution in [0.4, 0.5) is 4.79 Å². The summed E-state index contributed by atoms with van der Waals surface area (Å²) in [4.78, 5) is 76.3. The van der Waals surface area contributed by atoms with Crippen LogP contribution in [0.2, 0.25) is 0 Å². The molecule has 13 nitrogen and oxygen atoms in total. The van der Waals surface area contributed by atoms with Gasteiger partial charge in [-0.15, -0.1) is 0 Å². The second kappa shape index (κ2) is 14.1. The highest BCUT2D eigenvalue weighted by Gasteiger charge is 2.51. The molecular formula is C40H43N7O6. The van der Waals surface area contributed by atoms with Gasteiger partial charge >= 0.3 is 6.09 Å². The average molecular weight is 718 g/mol. The predicted octanol–water partition coefficient (Wildman–Crippen LogP) is 3.68. The number of nitrogens with zero attached hydrogens (tertiary/aromatic N) is 1. The Kier molecular flexibility index (Phi) is 9.41. The summed E-state index contributed by atoms with van der Waals surface area (Å²) < 4.78 is 5.49. The zero-order valence-corrected chi connectivity index (χ0v) is 29.8. The van der Waals surface area contributed by atoms with Gasteiger partial charge < -0.3 is 41.3 Å². The third kappa shape index (κ3) is 7.32. The van der Waals surface area contributed by atoms with Crippen LogP contribution in [-0.2, 0) is 43.2 Å². The van der Waals surface area contributed by atoms with Crippen molar-refractivity contribution in [1.29, 1.82) is 0 Å². The fourth-order valence-corrected chi connectivity index (χ4v) is 7.55. The second-order valence-corrected chi connectivity index (χ2v) is 14.8. The minimum absolute atomic E-state index is 0.121. The van der Waals surface area contributed by atoms with Gasteiger partial charge in [-0.25, -0.2) is 4.79 Å². The Balaban J connectivity index is 1.17. The number of amides is 5. The SMILES string of the molecule is CC(C)(C)OC(=O)N[C@@H](Cc1c[nH]c2ccccc12)C(=O)N[C@H]1C[C@@H]2c3[nH]c4ccccc4c3C[C@@H](C(=O)N[C@H](Cc3ccccc3)C(N)=O)N2C1=O. The molecular weight excluding hydrogens is 674 g/mol. The number of carbonyl (C=O) groups excluding carboxylic acids is 5. The van der Waals surface area contributed by atoms with E-state index in [2.05, 4.69) is 25.9 Å². The first-order chi connectivity index (χ1) is 25.4. The molecule has 4 heterocycles. The lowest BCUT2D eigenvalue weighted by Crippen LogP contribution is -2.58. The number of carbonyl (C=O) groups is 5. The molecule has 5 aromatic rings. The van der Waals surface area contributed by atoms with Crippen molar-refractivity contribution in [3.8, 4) is 0 Å². The summed E-state index contributed by atoms with van der Waals surface area (Å²) in [6, 6.07) is 19.9. The standard InChI is InChI=1S/C40H43N7O6/c1-40(2,3)53-39(52)46-30(18-23-21-42-27-15-9-7-13-24(23)27)36(49)45-31-20-32-34-26(25-14-8-10-16-28(25)43-34)19-33(47(32)38(31)51)37(50)44-29(35(41)48)17-22-11-5-4-6-12-22/h4-16,21,29-33,42-43H,17-20H2,1-3H3,(H2,41,48)(H,44,50)(H,45,49)(H,46,52)/t29-,30+,31+,32-,33+/m1/s1. The Bertz CT molecular complexity index is 2200. The van der Waals surface area contributed by atoms with Crippen LogP contribution >= 0.6 is 0 Å². The van der Waals surface area contributed by atoms with E-state index in [1.807, 2.05) is 78.9 Å². The van der Waals surface area contributed by atoms with Gasteiger partial charge in [-0.2, -0.15) is 0 Å². The average Bonchev–Trinajstić information content (AvgIpc) is 3.80. The molecule has 0 bridgehead atoms. The number of ether oxygens (including phenoxy) is 1. The quantitative estimate of drug-likeness (QED) is 0.128. The highest BCUT2D eigenvalue weighted by molar-refractivity contribution is 5.98. The van der Waals surface area contributed by atoms with Crippen LogP contribution in [0, 0.1) is 0 Å². The van der Waals surface area contributed by atoms with Crippen LogP contribution < -0.4 is 21.7 Å². The lowest BCUT2D eigenvalue weighted by atomic mass is 9.91. The van der Waals surface area contributed by atoms with Crippen molar-refractivity contribution in [3.63, 3.8) is 0 Å². The maximum absolute atomic E-state index is 14.4. The largest absolute Gasteiger partial charge is 0.444 e. The van der Waals surface area contributed by atoms with Gasteiger partial charge in [0.05, 0.1) is 6.04 Å². The summed E-state index contributed by atoms with van der Waals surface area (Å²) >= 11 is 0. The van der Waals surface area contributed by atoms with Crippen LogP contribution in [0.5, 0.6) is 0 Å². The number of hydrogen-bond donors (Lipinski definition) is 6. The number of para-hydroxylation sites is 2. The third-order valence-electron chi connectivity index (χ3n) is 9.93. The highest BCUT2D eigenvalue weighted by Crippen LogP contribution is 2.43. The molecule has 2 aliphatic rings. The lowest BCUT2D eigenvalue weighted by Gasteiger charge is -2.37. The van der Waals surface area contributed by atoms with Crippen LogP contribution in [-0.4, -0.2) is 74.4 Å². The van der Waals surface area contributed by atoms with Crippen molar-refractivity contribution >= 4 is 51.5 Å². The number of nitrogens with two attached hydrogens (primary N) is 1. The summed E-state index contributed by atoms with van der Waals surface area (Å²) in [7, 11) is 0. The Labute approximate surface area is 306 Å². The molecule has 0 saturated carbocycles. The molecule has 2 aromatic heterocycles. The monoisotopic (exact) mass is 717 g/mol. The van der Waals surface area contributed by atoms with Crippen molar-refractivity contribution in [2.45, 2.75) is 82.3 Å². The van der Waals surface area contributed by atoms with E-state index in [0.717, 1.165) is 44.2 Å². The molecule has 0 aliphatic carbocycles. The molecule has 5 amide bonds. The van der Waals surface area contributed by atoms with Crippen molar-refractivity contribution in [2.24, 2.45) is 5.73 Å². The van der Waals surface area contributed by atoms with E-state index in [1.54, 1.807) is 27.0 Å². The molecule has 7 N–H and O–H groups in total. The van der Waals surface area contributed by atoms with Crippen LogP contribution in [0.1, 0.15) is 55.6 Å². The van der Waals surface area contributed by atoms with Gasteiger partial charge in [-0.3, -0.25) is 19.2 Å². The number of aromatic amines is 2. The highest BCUT2D eigenvalue weighted by atomic mass is 16.6. The minimum Gasteiger partial charge on any atom is -0.444 e. The number of aromatic nitrogens is 2. The van der Waals surface area contributed by atoms with Gasteiger partial charge in [0.1, 0.15) is 29.8 Å². The first-order valence-corrected chi connectivity index (χ1v) is 17.8. The van der Waals surface area contributed by atoms with Crippen molar-refractivity contribution in [1.82, 2.24) is 30.8 Å². The number of alkyl carbamates (subject to hydrolysis) is 1. The lowest BCUT2D eigenvalue weighted by molar-refractivity contribution is -0.142. The van der Waals surface area contributed by atoms with Crippen molar-refractivity contribution in [2.75, 3.05) is 0 Å². The normalized spacial score (nSPS) is 19.3. The number of rotatable bonds is 10. The number of primary amides is 1. The first kappa shape index (κ1) is 35.3. The molecule has 5 atom stereocenters. The summed E-state index contributed by atoms with van der Waals surface area (Å²) in [5.74, 6) is -2.24. The van der Waals surface area contributed by atoms with Gasteiger partial charge in [-0.1, -0.05) is 66.7 Å². The zero-order chi connectivity index (χ0) is 37.4. The van der Waals surface area contributed by atoms with Crippen molar-refractivity contribution in [3.05, 3.63) is 107 Å². The van der Waals surface area contributed by atoms with E-state index in [1.165, 1.54) is 4.90 Å². The summed E-state index contributed by atoms with van der Waals surface area (Å²) in [5, 5.41) is 10.3. The minimum atomic E-state index is -1.09. The molecule has 0 radical (unpaired) electrons. The summed E-state index contributed by atoms with van der Waals surface area (Å²) in [5.41, 5.74) is 9.98. The molecule has 3 aromatic carbocycles. The van der Waals surface area contributed by atoms with Gasteiger partial charge in [-0.05, 0) is 49.6 Å². The second-order valence-electron chi connectivity index (χ2n) is 14.8. The van der Waals surface area contributed by atoms with Gasteiger partial charge in [0, 0.05) is 59.4 Å². The maximum Gasteiger partial charge on any atom is 0.408 e. The van der Waals surface area contributed by atoms with E-state index in [4.69, 9.17) is 10.5 Å². The fourth-order valence-electron chi connectivity index (χ4n) is 7.55. The molecule has 0 spiro atoms. The number of fused-ring (bicyclic) bond motifs is 6. The number of H-pyrrole nitrogens is 2. The summed E-state index contributed by atoms with van der Waals surface area (Å²) in [6.45, 7) is 5.19. The van der Waals surface area contributed by atoms with Crippen LogP contribution in [0.25, 0.3) is 21.8 Å². The molecule has 1 saturated heterocycles. The molecule has 53 heavy (non-hydrogen) atoms. The van der Waals surface area contributed by atoms with Gasteiger partial charge in [0.15, 0.2) is 0 Å². The van der Waals surface area contributed by atoms with E-state index >= 15 is 0 Å². The van der Waals surface area contributed by atoms with E-state index in [-0.39, 0.29) is 25.7 Å². The first-order valence-electron chi connectivity index (χ1n) is 17.8. The third-order valence-corrected chi connectivity index (χ3v) is 9.93. The van der Waals surface area contributed by atoms with E-state index in [9.17, 15) is 24.0 Å². The zero-order valence-electron chi connectivity index (χ0n) is 29.8. The number of hydrogen-bond acceptors (Lipinski definition) is 6. The molecule has 7 rings (SSSR count). The number of benzene rings is 3. The Morgan fingerprint density at radius 2 is 1.57 bits per heavy atom. The Morgan fingerprint density at radius 3 is 2.28 bits per heavy atom. The van der Waals surface area contributed by atoms with Gasteiger partial charge in [0.2, 0.25) is 23.6 Å². The fraction of sp³-hybridized carbons (Fsp3) is 0.325. The number of nitrogens with one attached hydrogen (secondary N) is 5. The molecule has 13 heteroatoms. The maximum atomic E-state index is 14.4. The van der Waals surface area contributed by atoms with E-state index in [0.29, 0.717) is 0 Å². The van der Waals surface area contributed by atoms with E-state index < -0.39 is 65.5 Å². The predicted molar refractivity (Wildman–Crippen MR) is 198 cm³/mol. The van der Waals surface area contributed by atoms with Crippen LogP contribution in [0.3, 0.4) is 0 Å². The Hall–Kier alpha value is -6.11. The van der Waals surface area contributed by atoms with Crippen LogP contribution in [0.15, 0.2) is 85.1 Å². The molecule has 1 fully saturated rings. The van der Waals surface area contributed by atoms with Gasteiger partial charge in [0.25, 0.3) is 0 Å². The molecule has 0 unspecified atom stereocenters. The van der Waals surface area contributed by atoms with Crippen molar-refractivity contribution < 1.29 is 28.7 Å². The summed E-state index contributed by atoms with van der Waals surface area (Å²) in [6.07, 6.45) is 1.69. The smallest absolute Gasteiger partial charge is 0.408 e. The molecule has 274 valence electrons.